The Kier molecular flexibility index (Phi) is 2.84. The van der Waals surface area contributed by atoms with Crippen LogP contribution in [0.1, 0.15) is 6.92 Å². The highest BCUT2D eigenvalue weighted by Crippen LogP contribution is 2.08. The fourth-order valence-corrected chi connectivity index (χ4v) is 1.07. The van der Waals surface area contributed by atoms with Gasteiger partial charge < -0.3 is 15.2 Å². The normalized spacial score (nSPS) is 27.9. The van der Waals surface area contributed by atoms with E-state index in [9.17, 15) is 4.79 Å². The van der Waals surface area contributed by atoms with Crippen molar-refractivity contribution in [1.82, 2.24) is 5.32 Å². The molecule has 0 aromatic carbocycles. The molecule has 2 N–H and O–H groups in total. The van der Waals surface area contributed by atoms with Gasteiger partial charge in [0.25, 0.3) is 0 Å². The lowest BCUT2D eigenvalue weighted by atomic mass is 10.0. The second kappa shape index (κ2) is 3.69. The molecular formula is C7H13NO3. The summed E-state index contributed by atoms with van der Waals surface area (Å²) in [7, 11) is 0. The number of ether oxygens (including phenoxy) is 1. The third kappa shape index (κ3) is 2.17. The second-order valence-electron chi connectivity index (χ2n) is 2.74. The van der Waals surface area contributed by atoms with E-state index >= 15 is 0 Å². The van der Waals surface area contributed by atoms with E-state index in [1.165, 1.54) is 0 Å². The lowest BCUT2D eigenvalue weighted by molar-refractivity contribution is -0.147. The number of morpholine rings is 1. The maximum atomic E-state index is 10.5. The minimum absolute atomic E-state index is 0.166. The Bertz CT molecular complexity index is 143. The van der Waals surface area contributed by atoms with Gasteiger partial charge in [-0.3, -0.25) is 4.79 Å². The summed E-state index contributed by atoms with van der Waals surface area (Å²) in [6.45, 7) is 3.75. The fraction of sp³-hybridized carbons (Fsp3) is 0.857. The summed E-state index contributed by atoms with van der Waals surface area (Å²) < 4.78 is 5.26. The van der Waals surface area contributed by atoms with Gasteiger partial charge >= 0.3 is 5.97 Å². The molecule has 0 saturated carbocycles. The molecule has 1 rings (SSSR count). The molecule has 0 spiro atoms. The standard InChI is InChI=1S/C7H13NO3/c1-5(7(9)10)6-4-8-2-3-11-6/h5-6,8H,2-4H2,1H3,(H,9,10). The van der Waals surface area contributed by atoms with Gasteiger partial charge in [-0.1, -0.05) is 0 Å². The number of rotatable bonds is 2. The summed E-state index contributed by atoms with van der Waals surface area (Å²) in [5.41, 5.74) is 0. The van der Waals surface area contributed by atoms with Gasteiger partial charge in [-0.05, 0) is 6.92 Å². The first kappa shape index (κ1) is 8.49. The van der Waals surface area contributed by atoms with Crippen molar-refractivity contribution in [1.29, 1.82) is 0 Å². The lowest BCUT2D eigenvalue weighted by Crippen LogP contribution is -2.44. The maximum Gasteiger partial charge on any atom is 0.308 e. The van der Waals surface area contributed by atoms with E-state index in [-0.39, 0.29) is 6.10 Å². The number of nitrogens with one attached hydrogen (secondary N) is 1. The highest BCUT2D eigenvalue weighted by atomic mass is 16.5. The average molecular weight is 159 g/mol. The molecule has 0 aliphatic carbocycles. The molecule has 1 saturated heterocycles. The van der Waals surface area contributed by atoms with Crippen LogP contribution in [-0.2, 0) is 9.53 Å². The molecule has 4 heteroatoms. The highest BCUT2D eigenvalue weighted by Gasteiger charge is 2.25. The van der Waals surface area contributed by atoms with Crippen LogP contribution in [-0.4, -0.2) is 36.9 Å². The number of hydrogen-bond acceptors (Lipinski definition) is 3. The van der Waals surface area contributed by atoms with Gasteiger partial charge in [0.2, 0.25) is 0 Å². The first-order valence-corrected chi connectivity index (χ1v) is 3.77. The van der Waals surface area contributed by atoms with Gasteiger partial charge in [0.05, 0.1) is 18.6 Å². The Morgan fingerprint density at radius 3 is 3.00 bits per heavy atom. The Morgan fingerprint density at radius 2 is 2.55 bits per heavy atom. The van der Waals surface area contributed by atoms with Gasteiger partial charge in [-0.15, -0.1) is 0 Å². The molecule has 1 aliphatic heterocycles. The molecule has 0 radical (unpaired) electrons. The van der Waals surface area contributed by atoms with Crippen molar-refractivity contribution >= 4 is 5.97 Å². The van der Waals surface area contributed by atoms with E-state index in [1.807, 2.05) is 0 Å². The summed E-state index contributed by atoms with van der Waals surface area (Å²) >= 11 is 0. The van der Waals surface area contributed by atoms with Crippen LogP contribution in [0.15, 0.2) is 0 Å². The lowest BCUT2D eigenvalue weighted by Gasteiger charge is -2.26. The summed E-state index contributed by atoms with van der Waals surface area (Å²) in [6, 6.07) is 0. The molecule has 64 valence electrons. The molecule has 1 aliphatic rings. The average Bonchev–Trinajstić information content (AvgIpc) is 2.05. The van der Waals surface area contributed by atoms with Gasteiger partial charge in [0.15, 0.2) is 0 Å². The molecule has 0 bridgehead atoms. The van der Waals surface area contributed by atoms with E-state index < -0.39 is 11.9 Å². The van der Waals surface area contributed by atoms with E-state index in [0.29, 0.717) is 13.2 Å². The van der Waals surface area contributed by atoms with E-state index in [0.717, 1.165) is 6.54 Å². The van der Waals surface area contributed by atoms with Crippen molar-refractivity contribution in [2.75, 3.05) is 19.7 Å². The quantitative estimate of drug-likeness (QED) is 0.580. The smallest absolute Gasteiger partial charge is 0.308 e. The topological polar surface area (TPSA) is 58.6 Å². The Hall–Kier alpha value is -0.610. The van der Waals surface area contributed by atoms with Crippen LogP contribution >= 0.6 is 0 Å². The Labute approximate surface area is 65.5 Å². The molecule has 1 heterocycles. The molecule has 1 fully saturated rings. The molecule has 2 unspecified atom stereocenters. The van der Waals surface area contributed by atoms with Crippen LogP contribution in [0.4, 0.5) is 0 Å². The van der Waals surface area contributed by atoms with Gasteiger partial charge in [0, 0.05) is 13.1 Å². The third-order valence-corrected chi connectivity index (χ3v) is 1.90. The van der Waals surface area contributed by atoms with Crippen molar-refractivity contribution in [3.05, 3.63) is 0 Å². The molecule has 2 atom stereocenters. The minimum Gasteiger partial charge on any atom is -0.481 e. The van der Waals surface area contributed by atoms with E-state index in [2.05, 4.69) is 5.32 Å². The van der Waals surface area contributed by atoms with E-state index in [1.54, 1.807) is 6.92 Å². The predicted octanol–water partition coefficient (Wildman–Crippen LogP) is -0.305. The first-order valence-electron chi connectivity index (χ1n) is 3.77. The second-order valence-corrected chi connectivity index (χ2v) is 2.74. The zero-order valence-electron chi connectivity index (χ0n) is 6.54. The van der Waals surface area contributed by atoms with Crippen molar-refractivity contribution in [3.8, 4) is 0 Å². The zero-order valence-corrected chi connectivity index (χ0v) is 6.54. The molecule has 0 amide bonds. The maximum absolute atomic E-state index is 10.5. The van der Waals surface area contributed by atoms with Crippen molar-refractivity contribution < 1.29 is 14.6 Å². The van der Waals surface area contributed by atoms with Gasteiger partial charge in [-0.2, -0.15) is 0 Å². The van der Waals surface area contributed by atoms with Crippen molar-refractivity contribution in [2.24, 2.45) is 5.92 Å². The van der Waals surface area contributed by atoms with E-state index in [4.69, 9.17) is 9.84 Å². The van der Waals surface area contributed by atoms with Crippen molar-refractivity contribution in [2.45, 2.75) is 13.0 Å². The first-order chi connectivity index (χ1) is 5.22. The SMILES string of the molecule is CC(C(=O)O)C1CNCCO1. The van der Waals surface area contributed by atoms with Crippen LogP contribution in [0.2, 0.25) is 0 Å². The summed E-state index contributed by atoms with van der Waals surface area (Å²) in [5.74, 6) is -1.21. The van der Waals surface area contributed by atoms with Crippen LogP contribution < -0.4 is 5.32 Å². The zero-order chi connectivity index (χ0) is 8.27. The summed E-state index contributed by atoms with van der Waals surface area (Å²) in [5, 5.41) is 11.7. The Morgan fingerprint density at radius 1 is 1.82 bits per heavy atom. The molecule has 0 aromatic heterocycles. The molecule has 0 aromatic rings. The molecular weight excluding hydrogens is 146 g/mol. The predicted molar refractivity (Wildman–Crippen MR) is 39.4 cm³/mol. The largest absolute Gasteiger partial charge is 0.481 e. The summed E-state index contributed by atoms with van der Waals surface area (Å²) in [6.07, 6.45) is -0.166. The Balaban J connectivity index is 2.38. The number of hydrogen-bond donors (Lipinski definition) is 2. The monoisotopic (exact) mass is 159 g/mol. The third-order valence-electron chi connectivity index (χ3n) is 1.90. The van der Waals surface area contributed by atoms with Crippen LogP contribution in [0.3, 0.4) is 0 Å². The van der Waals surface area contributed by atoms with Crippen molar-refractivity contribution in [3.63, 3.8) is 0 Å². The molecule has 4 nitrogen and oxygen atoms in total. The highest BCUT2D eigenvalue weighted by molar-refractivity contribution is 5.70. The number of carbonyl (C=O) groups is 1. The van der Waals surface area contributed by atoms with Crippen LogP contribution in [0.5, 0.6) is 0 Å². The van der Waals surface area contributed by atoms with Gasteiger partial charge in [0.1, 0.15) is 0 Å². The number of aliphatic carboxylic acids is 1. The summed E-state index contributed by atoms with van der Waals surface area (Å²) in [4.78, 5) is 10.5. The fourth-order valence-electron chi connectivity index (χ4n) is 1.07. The minimum atomic E-state index is -0.793. The molecule has 11 heavy (non-hydrogen) atoms. The number of carboxylic acid groups (broad SMARTS) is 1. The van der Waals surface area contributed by atoms with Gasteiger partial charge in [-0.25, -0.2) is 0 Å². The number of carboxylic acids is 1. The van der Waals surface area contributed by atoms with Crippen LogP contribution in [0, 0.1) is 5.92 Å². The van der Waals surface area contributed by atoms with Crippen LogP contribution in [0.25, 0.3) is 0 Å².